The fraction of sp³-hybridized carbons (Fsp3) is 0.214. The van der Waals surface area contributed by atoms with Gasteiger partial charge in [0.05, 0.1) is 17.2 Å². The summed E-state index contributed by atoms with van der Waals surface area (Å²) in [5, 5.41) is 4.37. The molecule has 1 N–H and O–H groups in total. The Morgan fingerprint density at radius 1 is 1.05 bits per heavy atom. The molecule has 19 heavy (non-hydrogen) atoms. The first-order valence-electron chi connectivity index (χ1n) is 5.82. The molecule has 1 heterocycles. The highest BCUT2D eigenvalue weighted by Gasteiger charge is 2.08. The highest BCUT2D eigenvalue weighted by atomic mass is 35.5. The normalized spacial score (nSPS) is 10.5. The number of nitrogens with one attached hydrogen (secondary N) is 1. The second kappa shape index (κ2) is 6.75. The molecule has 0 saturated heterocycles. The smallest absolute Gasteiger partial charge is 0.156 e. The first-order chi connectivity index (χ1) is 9.20. The molecule has 0 radical (unpaired) electrons. The molecule has 2 aromatic rings. The van der Waals surface area contributed by atoms with E-state index in [1.165, 1.54) is 5.56 Å². The lowest BCUT2D eigenvalue weighted by Crippen LogP contribution is -2.12. The van der Waals surface area contributed by atoms with E-state index >= 15 is 0 Å². The number of pyridine rings is 1. The molecule has 0 spiro atoms. The van der Waals surface area contributed by atoms with Crippen LogP contribution in [-0.2, 0) is 13.1 Å². The monoisotopic (exact) mass is 296 g/mol. The van der Waals surface area contributed by atoms with Crippen molar-refractivity contribution < 1.29 is 4.74 Å². The van der Waals surface area contributed by atoms with Gasteiger partial charge in [-0.2, -0.15) is 0 Å². The molecule has 0 unspecified atom stereocenters. The van der Waals surface area contributed by atoms with Crippen molar-refractivity contribution >= 4 is 23.2 Å². The van der Waals surface area contributed by atoms with Crippen molar-refractivity contribution in [2.24, 2.45) is 0 Å². The van der Waals surface area contributed by atoms with Crippen LogP contribution in [0.4, 0.5) is 0 Å². The Balaban J connectivity index is 1.97. The van der Waals surface area contributed by atoms with E-state index in [0.717, 1.165) is 12.1 Å². The van der Waals surface area contributed by atoms with Gasteiger partial charge in [0, 0.05) is 25.5 Å². The number of hydrogen-bond donors (Lipinski definition) is 1. The predicted octanol–water partition coefficient (Wildman–Crippen LogP) is 3.69. The molecule has 100 valence electrons. The molecule has 0 amide bonds. The van der Waals surface area contributed by atoms with Gasteiger partial charge >= 0.3 is 0 Å². The Bertz CT molecular complexity index is 523. The zero-order valence-corrected chi connectivity index (χ0v) is 12.0. The average molecular weight is 297 g/mol. The summed E-state index contributed by atoms with van der Waals surface area (Å²) < 4.78 is 5.11. The molecule has 0 fully saturated rings. The number of methoxy groups -OCH3 is 1. The Morgan fingerprint density at radius 3 is 2.21 bits per heavy atom. The fourth-order valence-corrected chi connectivity index (χ4v) is 2.45. The van der Waals surface area contributed by atoms with Crippen LogP contribution < -0.4 is 10.1 Å². The SMILES string of the molecule is COc1c(Cl)cc(CNCc2ccncc2)cc1Cl. The summed E-state index contributed by atoms with van der Waals surface area (Å²) in [6, 6.07) is 7.65. The molecule has 3 nitrogen and oxygen atoms in total. The minimum atomic E-state index is 0.515. The van der Waals surface area contributed by atoms with Crippen molar-refractivity contribution in [1.29, 1.82) is 0 Å². The van der Waals surface area contributed by atoms with Gasteiger partial charge in [-0.1, -0.05) is 23.2 Å². The number of benzene rings is 1. The third kappa shape index (κ3) is 3.83. The summed E-state index contributed by atoms with van der Waals surface area (Å²) in [5.41, 5.74) is 2.20. The van der Waals surface area contributed by atoms with E-state index in [1.807, 2.05) is 24.3 Å². The summed E-state index contributed by atoms with van der Waals surface area (Å²) in [5.74, 6) is 0.515. The summed E-state index contributed by atoms with van der Waals surface area (Å²) in [6.07, 6.45) is 3.55. The lowest BCUT2D eigenvalue weighted by molar-refractivity contribution is 0.415. The van der Waals surface area contributed by atoms with E-state index < -0.39 is 0 Å². The Labute approximate surface area is 122 Å². The van der Waals surface area contributed by atoms with Crippen LogP contribution in [-0.4, -0.2) is 12.1 Å². The van der Waals surface area contributed by atoms with E-state index in [0.29, 0.717) is 22.3 Å². The van der Waals surface area contributed by atoms with E-state index in [2.05, 4.69) is 10.3 Å². The molecular weight excluding hydrogens is 283 g/mol. The van der Waals surface area contributed by atoms with Crippen molar-refractivity contribution in [1.82, 2.24) is 10.3 Å². The highest BCUT2D eigenvalue weighted by molar-refractivity contribution is 6.37. The van der Waals surface area contributed by atoms with Gasteiger partial charge in [0.2, 0.25) is 0 Å². The maximum Gasteiger partial charge on any atom is 0.156 e. The zero-order valence-electron chi connectivity index (χ0n) is 10.5. The molecule has 0 aliphatic heterocycles. The lowest BCUT2D eigenvalue weighted by Gasteiger charge is -2.09. The van der Waals surface area contributed by atoms with Gasteiger partial charge in [-0.15, -0.1) is 0 Å². The van der Waals surface area contributed by atoms with E-state index in [4.69, 9.17) is 27.9 Å². The summed E-state index contributed by atoms with van der Waals surface area (Å²) in [7, 11) is 1.55. The molecule has 5 heteroatoms. The molecule has 0 aliphatic carbocycles. The van der Waals surface area contributed by atoms with Crippen LogP contribution in [0.3, 0.4) is 0 Å². The van der Waals surface area contributed by atoms with E-state index in [-0.39, 0.29) is 0 Å². The second-order valence-corrected chi connectivity index (χ2v) is 4.87. The maximum atomic E-state index is 6.09. The van der Waals surface area contributed by atoms with E-state index in [1.54, 1.807) is 19.5 Å². The Kier molecular flexibility index (Phi) is 5.02. The van der Waals surface area contributed by atoms with Crippen molar-refractivity contribution in [2.45, 2.75) is 13.1 Å². The number of hydrogen-bond acceptors (Lipinski definition) is 3. The largest absolute Gasteiger partial charge is 0.494 e. The number of halogens is 2. The standard InChI is InChI=1S/C14H14Cl2N2O/c1-19-14-12(15)6-11(7-13(14)16)9-18-8-10-2-4-17-5-3-10/h2-7,18H,8-9H2,1H3. The summed E-state index contributed by atoms with van der Waals surface area (Å²) in [6.45, 7) is 1.45. The van der Waals surface area contributed by atoms with Gasteiger partial charge in [-0.3, -0.25) is 4.98 Å². The van der Waals surface area contributed by atoms with Gasteiger partial charge in [-0.05, 0) is 35.4 Å². The molecule has 0 aliphatic rings. The van der Waals surface area contributed by atoms with Crippen LogP contribution in [0, 0.1) is 0 Å². The molecule has 2 rings (SSSR count). The van der Waals surface area contributed by atoms with Crippen LogP contribution >= 0.6 is 23.2 Å². The first-order valence-corrected chi connectivity index (χ1v) is 6.58. The minimum absolute atomic E-state index is 0.515. The van der Waals surface area contributed by atoms with Gasteiger partial charge in [0.25, 0.3) is 0 Å². The van der Waals surface area contributed by atoms with Gasteiger partial charge < -0.3 is 10.1 Å². The second-order valence-electron chi connectivity index (χ2n) is 4.05. The molecule has 0 saturated carbocycles. The topological polar surface area (TPSA) is 34.1 Å². The number of aromatic nitrogens is 1. The third-order valence-corrected chi connectivity index (χ3v) is 3.23. The summed E-state index contributed by atoms with van der Waals surface area (Å²) in [4.78, 5) is 3.98. The van der Waals surface area contributed by atoms with Crippen LogP contribution in [0.5, 0.6) is 5.75 Å². The van der Waals surface area contributed by atoms with Gasteiger partial charge in [-0.25, -0.2) is 0 Å². The Hall–Kier alpha value is -1.29. The molecule has 0 atom stereocenters. The highest BCUT2D eigenvalue weighted by Crippen LogP contribution is 2.33. The van der Waals surface area contributed by atoms with Crippen LogP contribution in [0.15, 0.2) is 36.7 Å². The molecule has 0 bridgehead atoms. The van der Waals surface area contributed by atoms with Gasteiger partial charge in [0.15, 0.2) is 5.75 Å². The average Bonchev–Trinajstić information content (AvgIpc) is 2.40. The zero-order chi connectivity index (χ0) is 13.7. The fourth-order valence-electron chi connectivity index (χ4n) is 1.76. The minimum Gasteiger partial charge on any atom is -0.494 e. The van der Waals surface area contributed by atoms with E-state index in [9.17, 15) is 0 Å². The lowest BCUT2D eigenvalue weighted by atomic mass is 10.2. The number of nitrogens with zero attached hydrogens (tertiary/aromatic N) is 1. The van der Waals surface area contributed by atoms with Crippen LogP contribution in [0.1, 0.15) is 11.1 Å². The third-order valence-electron chi connectivity index (χ3n) is 2.67. The van der Waals surface area contributed by atoms with Crippen LogP contribution in [0.25, 0.3) is 0 Å². The van der Waals surface area contributed by atoms with Crippen molar-refractivity contribution in [3.8, 4) is 5.75 Å². The molecule has 1 aromatic heterocycles. The first kappa shape index (κ1) is 14.1. The summed E-state index contributed by atoms with van der Waals surface area (Å²) >= 11 is 12.2. The van der Waals surface area contributed by atoms with Crippen molar-refractivity contribution in [3.05, 3.63) is 57.8 Å². The number of ether oxygens (including phenoxy) is 1. The van der Waals surface area contributed by atoms with Gasteiger partial charge in [0.1, 0.15) is 0 Å². The molecular formula is C14H14Cl2N2O. The Morgan fingerprint density at radius 2 is 1.63 bits per heavy atom. The predicted molar refractivity (Wildman–Crippen MR) is 77.8 cm³/mol. The van der Waals surface area contributed by atoms with Crippen LogP contribution in [0.2, 0.25) is 10.0 Å². The quantitative estimate of drug-likeness (QED) is 0.914. The van der Waals surface area contributed by atoms with Crippen molar-refractivity contribution in [2.75, 3.05) is 7.11 Å². The van der Waals surface area contributed by atoms with Crippen molar-refractivity contribution in [3.63, 3.8) is 0 Å². The molecule has 1 aromatic carbocycles. The maximum absolute atomic E-state index is 6.09. The number of rotatable bonds is 5.